The van der Waals surface area contributed by atoms with Gasteiger partial charge in [0.05, 0.1) is 11.4 Å². The second-order valence-corrected chi connectivity index (χ2v) is 6.93. The maximum atomic E-state index is 12.9. The Hall–Kier alpha value is -4.19. The molecule has 4 rings (SSSR count). The number of carbonyl (C=O) groups excluding carboxylic acids is 1. The number of benzene rings is 1. The number of hydrogen-bond donors (Lipinski definition) is 2. The number of nitrogens with two attached hydrogens (primary N) is 1. The average Bonchev–Trinajstić information content (AvgIpc) is 3.11. The van der Waals surface area contributed by atoms with Crippen molar-refractivity contribution >= 4 is 18.2 Å². The molecule has 9 heteroatoms. The maximum absolute atomic E-state index is 12.9. The molecule has 1 aliphatic heterocycles. The van der Waals surface area contributed by atoms with Crippen LogP contribution >= 0.6 is 0 Å². The van der Waals surface area contributed by atoms with Crippen LogP contribution in [0.2, 0.25) is 0 Å². The number of carbonyl (C=O) groups is 2. The fourth-order valence-corrected chi connectivity index (χ4v) is 3.75. The van der Waals surface area contributed by atoms with Gasteiger partial charge in [0.2, 0.25) is 0 Å². The van der Waals surface area contributed by atoms with E-state index in [0.717, 1.165) is 16.8 Å². The van der Waals surface area contributed by atoms with Crippen LogP contribution in [0, 0.1) is 25.2 Å². The summed E-state index contributed by atoms with van der Waals surface area (Å²) in [5.41, 5.74) is 10.7. The van der Waals surface area contributed by atoms with Crippen LogP contribution in [0.1, 0.15) is 38.6 Å². The van der Waals surface area contributed by atoms with Gasteiger partial charge >= 0.3 is 0 Å². The van der Waals surface area contributed by atoms with Gasteiger partial charge in [0.15, 0.2) is 0 Å². The Balaban J connectivity index is 0.000000858. The van der Waals surface area contributed by atoms with Crippen LogP contribution in [0.15, 0.2) is 34.9 Å². The molecular weight excluding hydrogens is 398 g/mol. The van der Waals surface area contributed by atoms with E-state index in [1.807, 2.05) is 25.1 Å². The molecular formula is C22H21N5O4. The molecule has 3 aromatic rings. The van der Waals surface area contributed by atoms with Crippen LogP contribution in [0.5, 0.6) is 0 Å². The van der Waals surface area contributed by atoms with E-state index in [9.17, 15) is 10.1 Å². The van der Waals surface area contributed by atoms with E-state index in [1.165, 1.54) is 0 Å². The van der Waals surface area contributed by atoms with Crippen molar-refractivity contribution in [3.63, 3.8) is 0 Å². The number of nitrogen functional groups attached to an aromatic ring is 1. The lowest BCUT2D eigenvalue weighted by Crippen LogP contribution is -2.37. The Labute approximate surface area is 178 Å². The molecule has 0 atom stereocenters. The average molecular weight is 419 g/mol. The molecule has 9 nitrogen and oxygen atoms in total. The quantitative estimate of drug-likeness (QED) is 0.603. The van der Waals surface area contributed by atoms with E-state index in [2.05, 4.69) is 16.2 Å². The molecule has 0 unspecified atom stereocenters. The van der Waals surface area contributed by atoms with Crippen molar-refractivity contribution in [1.82, 2.24) is 15.0 Å². The van der Waals surface area contributed by atoms with Gasteiger partial charge in [0.1, 0.15) is 23.2 Å². The first-order chi connectivity index (χ1) is 14.9. The van der Waals surface area contributed by atoms with Gasteiger partial charge in [0, 0.05) is 41.8 Å². The first kappa shape index (κ1) is 21.5. The predicted molar refractivity (Wildman–Crippen MR) is 112 cm³/mol. The molecule has 0 aliphatic carbocycles. The summed E-state index contributed by atoms with van der Waals surface area (Å²) in [6.07, 6.45) is 0.570. The summed E-state index contributed by atoms with van der Waals surface area (Å²) in [6.45, 7) is 4.27. The predicted octanol–water partition coefficient (Wildman–Crippen LogP) is 2.71. The second kappa shape index (κ2) is 9.09. The number of carboxylic acid groups (broad SMARTS) is 1. The Morgan fingerprint density at radius 1 is 1.29 bits per heavy atom. The summed E-state index contributed by atoms with van der Waals surface area (Å²) in [4.78, 5) is 27.5. The molecule has 0 fully saturated rings. The second-order valence-electron chi connectivity index (χ2n) is 6.93. The minimum atomic E-state index is -0.250. The number of pyridine rings is 1. The van der Waals surface area contributed by atoms with Gasteiger partial charge < -0.3 is 20.3 Å². The van der Waals surface area contributed by atoms with Crippen molar-refractivity contribution < 1.29 is 19.2 Å². The van der Waals surface area contributed by atoms with Crippen LogP contribution in [-0.2, 0) is 17.8 Å². The highest BCUT2D eigenvalue weighted by Crippen LogP contribution is 2.38. The first-order valence-electron chi connectivity index (χ1n) is 9.49. The molecule has 1 amide bonds. The van der Waals surface area contributed by atoms with Gasteiger partial charge in [-0.25, -0.2) is 4.98 Å². The minimum Gasteiger partial charge on any atom is -0.483 e. The molecule has 3 N–H and O–H groups in total. The molecule has 1 aromatic carbocycles. The minimum absolute atomic E-state index is 0.0497. The first-order valence-corrected chi connectivity index (χ1v) is 9.49. The molecule has 0 saturated heterocycles. The zero-order chi connectivity index (χ0) is 22.5. The number of nitrogens with zero attached hydrogens (tertiary/aromatic N) is 4. The molecule has 0 spiro atoms. The zero-order valence-electron chi connectivity index (χ0n) is 17.1. The molecule has 2 aromatic heterocycles. The lowest BCUT2D eigenvalue weighted by Gasteiger charge is -2.30. The fraction of sp³-hybridized carbons (Fsp3) is 0.227. The van der Waals surface area contributed by atoms with Crippen LogP contribution < -0.4 is 5.73 Å². The van der Waals surface area contributed by atoms with Crippen molar-refractivity contribution in [3.05, 3.63) is 64.2 Å². The number of fused-ring (bicyclic) bond motifs is 1. The SMILES string of the molecule is Cc1noc(C)c1-c1c(C#N)c(N)nc2c1CN(C(=O)c1ccccc1)CC2.O=CO. The van der Waals surface area contributed by atoms with Crippen molar-refractivity contribution in [2.45, 2.75) is 26.8 Å². The Kier molecular flexibility index (Phi) is 6.31. The number of nitriles is 1. The van der Waals surface area contributed by atoms with Crippen LogP contribution in [0.3, 0.4) is 0 Å². The topological polar surface area (TPSA) is 146 Å². The van der Waals surface area contributed by atoms with E-state index >= 15 is 0 Å². The third-order valence-corrected chi connectivity index (χ3v) is 5.08. The molecule has 0 saturated carbocycles. The number of rotatable bonds is 2. The van der Waals surface area contributed by atoms with E-state index in [-0.39, 0.29) is 18.2 Å². The summed E-state index contributed by atoms with van der Waals surface area (Å²) in [6, 6.07) is 11.3. The van der Waals surface area contributed by atoms with E-state index in [0.29, 0.717) is 47.7 Å². The third kappa shape index (κ3) is 4.09. The van der Waals surface area contributed by atoms with Crippen molar-refractivity contribution in [1.29, 1.82) is 5.26 Å². The zero-order valence-corrected chi connectivity index (χ0v) is 17.1. The monoisotopic (exact) mass is 419 g/mol. The largest absolute Gasteiger partial charge is 0.483 e. The number of aryl methyl sites for hydroxylation is 2. The van der Waals surface area contributed by atoms with Crippen molar-refractivity contribution in [2.24, 2.45) is 0 Å². The summed E-state index contributed by atoms with van der Waals surface area (Å²) in [5, 5.41) is 20.6. The highest BCUT2D eigenvalue weighted by Gasteiger charge is 2.30. The lowest BCUT2D eigenvalue weighted by atomic mass is 9.90. The smallest absolute Gasteiger partial charge is 0.290 e. The maximum Gasteiger partial charge on any atom is 0.290 e. The fourth-order valence-electron chi connectivity index (χ4n) is 3.75. The van der Waals surface area contributed by atoms with E-state index in [1.54, 1.807) is 24.0 Å². The highest BCUT2D eigenvalue weighted by atomic mass is 16.5. The van der Waals surface area contributed by atoms with Crippen LogP contribution in [-0.4, -0.2) is 39.1 Å². The molecule has 0 radical (unpaired) electrons. The van der Waals surface area contributed by atoms with Gasteiger partial charge in [-0.05, 0) is 26.0 Å². The number of anilines is 1. The van der Waals surface area contributed by atoms with Gasteiger partial charge in [-0.15, -0.1) is 0 Å². The van der Waals surface area contributed by atoms with E-state index < -0.39 is 0 Å². The summed E-state index contributed by atoms with van der Waals surface area (Å²) in [5.74, 6) is 0.749. The van der Waals surface area contributed by atoms with Gasteiger partial charge in [-0.3, -0.25) is 9.59 Å². The number of aromatic nitrogens is 2. The number of amides is 1. The van der Waals surface area contributed by atoms with Gasteiger partial charge in [0.25, 0.3) is 12.4 Å². The van der Waals surface area contributed by atoms with Gasteiger partial charge in [-0.2, -0.15) is 5.26 Å². The standard InChI is InChI=1S/C21H19N5O2.CH2O2/c1-12-18(13(2)28-25-12)19-15(10-22)20(23)24-17-8-9-26(11-16(17)19)21(27)14-6-4-3-5-7-14;2-1-3/h3-7H,8-9,11H2,1-2H3,(H2,23,24);1H,(H,2,3). The Morgan fingerprint density at radius 2 is 1.97 bits per heavy atom. The van der Waals surface area contributed by atoms with E-state index in [4.69, 9.17) is 20.2 Å². The lowest BCUT2D eigenvalue weighted by molar-refractivity contribution is -0.122. The summed E-state index contributed by atoms with van der Waals surface area (Å²) in [7, 11) is 0. The molecule has 3 heterocycles. The third-order valence-electron chi connectivity index (χ3n) is 5.08. The van der Waals surface area contributed by atoms with Crippen molar-refractivity contribution in [2.75, 3.05) is 12.3 Å². The molecule has 31 heavy (non-hydrogen) atoms. The van der Waals surface area contributed by atoms with Crippen molar-refractivity contribution in [3.8, 4) is 17.2 Å². The summed E-state index contributed by atoms with van der Waals surface area (Å²) >= 11 is 0. The molecule has 1 aliphatic rings. The Bertz CT molecular complexity index is 1150. The molecule has 158 valence electrons. The number of hydrogen-bond acceptors (Lipinski definition) is 7. The summed E-state index contributed by atoms with van der Waals surface area (Å²) < 4.78 is 5.32. The van der Waals surface area contributed by atoms with Crippen LogP contribution in [0.25, 0.3) is 11.1 Å². The highest BCUT2D eigenvalue weighted by molar-refractivity contribution is 5.94. The van der Waals surface area contributed by atoms with Crippen LogP contribution in [0.4, 0.5) is 5.82 Å². The normalized spacial score (nSPS) is 12.2. The Morgan fingerprint density at radius 3 is 2.55 bits per heavy atom. The molecule has 0 bridgehead atoms. The van der Waals surface area contributed by atoms with Gasteiger partial charge in [-0.1, -0.05) is 23.4 Å².